The zero-order chi connectivity index (χ0) is 27.5. The van der Waals surface area contributed by atoms with E-state index < -0.39 is 29.4 Å². The molecule has 9 nitrogen and oxygen atoms in total. The lowest BCUT2D eigenvalue weighted by Crippen LogP contribution is -2.30. The number of aryl methyl sites for hydroxylation is 1. The van der Waals surface area contributed by atoms with E-state index in [4.69, 9.17) is 14.2 Å². The summed E-state index contributed by atoms with van der Waals surface area (Å²) in [4.78, 5) is 43.4. The molecular weight excluding hydrogens is 507 g/mol. The van der Waals surface area contributed by atoms with Crippen LogP contribution in [0.4, 0.5) is 4.39 Å². The van der Waals surface area contributed by atoms with Crippen LogP contribution in [0.5, 0.6) is 11.5 Å². The second kappa shape index (κ2) is 10.9. The van der Waals surface area contributed by atoms with Crippen LogP contribution in [0.25, 0.3) is 11.0 Å². The fourth-order valence-corrected chi connectivity index (χ4v) is 4.56. The highest BCUT2D eigenvalue weighted by atomic mass is 19.1. The van der Waals surface area contributed by atoms with E-state index >= 15 is 0 Å². The predicted octanol–water partition coefficient (Wildman–Crippen LogP) is 4.12. The number of carbonyl (C=O) groups is 2. The van der Waals surface area contributed by atoms with Crippen molar-refractivity contribution < 1.29 is 33.3 Å². The van der Waals surface area contributed by atoms with Gasteiger partial charge in [0, 0.05) is 31.1 Å². The van der Waals surface area contributed by atoms with Gasteiger partial charge in [-0.1, -0.05) is 42.5 Å². The summed E-state index contributed by atoms with van der Waals surface area (Å²) in [7, 11) is 0. The Labute approximate surface area is 222 Å². The topological polar surface area (TPSA) is 117 Å². The predicted molar refractivity (Wildman–Crippen MR) is 139 cm³/mol. The number of hydrogen-bond donors (Lipinski definition) is 1. The Bertz CT molecular complexity index is 1600. The standard InChI is InChI=1S/C29H25FN2O7/c1-2-37-29(36)22-26(38-16-18-6-4-3-5-7-18)23-24-25(39-21(28(34)35)12-13-32(24)27(22)33)19(15-31-23)14-17-8-10-20(30)11-9-17/h3-11,15,21H,2,12-14,16H2,1H3,(H,34,35)/t21-/m0/s1. The minimum Gasteiger partial charge on any atom is -0.485 e. The molecule has 0 spiro atoms. The average molecular weight is 533 g/mol. The van der Waals surface area contributed by atoms with Gasteiger partial charge in [-0.2, -0.15) is 0 Å². The van der Waals surface area contributed by atoms with Crippen LogP contribution in [0, 0.1) is 5.82 Å². The van der Waals surface area contributed by atoms with Gasteiger partial charge in [0.2, 0.25) is 0 Å². The number of pyridine rings is 2. The number of carboxylic acids is 1. The first-order chi connectivity index (χ1) is 18.9. The number of ether oxygens (including phenoxy) is 3. The number of hydrogen-bond acceptors (Lipinski definition) is 7. The summed E-state index contributed by atoms with van der Waals surface area (Å²) in [5.74, 6) is -2.38. The molecule has 2 aromatic heterocycles. The summed E-state index contributed by atoms with van der Waals surface area (Å²) in [5.41, 5.74) is 1.39. The molecule has 1 aliphatic rings. The second-order valence-electron chi connectivity index (χ2n) is 9.00. The van der Waals surface area contributed by atoms with Crippen molar-refractivity contribution in [2.24, 2.45) is 0 Å². The molecule has 1 atom stereocenters. The fourth-order valence-electron chi connectivity index (χ4n) is 4.56. The maximum absolute atomic E-state index is 13.8. The van der Waals surface area contributed by atoms with Crippen molar-refractivity contribution in [3.8, 4) is 11.5 Å². The molecule has 0 aliphatic carbocycles. The van der Waals surface area contributed by atoms with E-state index in [-0.39, 0.29) is 60.7 Å². The largest absolute Gasteiger partial charge is 0.485 e. The van der Waals surface area contributed by atoms with Crippen molar-refractivity contribution in [3.05, 3.63) is 99.2 Å². The van der Waals surface area contributed by atoms with E-state index in [0.717, 1.165) is 11.1 Å². The Kier molecular flexibility index (Phi) is 7.27. The van der Waals surface area contributed by atoms with Gasteiger partial charge >= 0.3 is 11.9 Å². The van der Waals surface area contributed by atoms with Crippen molar-refractivity contribution in [2.45, 2.75) is 39.0 Å². The van der Waals surface area contributed by atoms with Crippen LogP contribution in [0.15, 0.2) is 65.6 Å². The fraction of sp³-hybridized carbons (Fsp3) is 0.241. The Balaban J connectivity index is 1.74. The number of benzene rings is 2. The van der Waals surface area contributed by atoms with E-state index in [2.05, 4.69) is 4.98 Å². The molecule has 0 amide bonds. The van der Waals surface area contributed by atoms with Gasteiger partial charge < -0.3 is 23.9 Å². The summed E-state index contributed by atoms with van der Waals surface area (Å²) < 4.78 is 32.0. The molecule has 2 aromatic carbocycles. The van der Waals surface area contributed by atoms with Gasteiger partial charge in [-0.3, -0.25) is 9.78 Å². The second-order valence-corrected chi connectivity index (χ2v) is 9.00. The lowest BCUT2D eigenvalue weighted by Gasteiger charge is -2.19. The van der Waals surface area contributed by atoms with Gasteiger partial charge in [-0.15, -0.1) is 0 Å². The van der Waals surface area contributed by atoms with Crippen molar-refractivity contribution in [1.82, 2.24) is 9.55 Å². The molecular formula is C29H25FN2O7. The highest BCUT2D eigenvalue weighted by Gasteiger charge is 2.33. The maximum Gasteiger partial charge on any atom is 0.347 e. The van der Waals surface area contributed by atoms with Crippen LogP contribution >= 0.6 is 0 Å². The molecule has 5 rings (SSSR count). The first-order valence-electron chi connectivity index (χ1n) is 12.4. The molecule has 4 aromatic rings. The third-order valence-corrected chi connectivity index (χ3v) is 6.42. The molecule has 0 unspecified atom stereocenters. The molecule has 0 saturated heterocycles. The Hall–Kier alpha value is -4.73. The van der Waals surface area contributed by atoms with Crippen LogP contribution in [-0.4, -0.2) is 39.3 Å². The number of nitrogens with zero attached hydrogens (tertiary/aromatic N) is 2. The number of carboxylic acid groups (broad SMARTS) is 1. The molecule has 1 aliphatic heterocycles. The van der Waals surface area contributed by atoms with Gasteiger partial charge in [0.1, 0.15) is 23.5 Å². The van der Waals surface area contributed by atoms with Crippen molar-refractivity contribution in [2.75, 3.05) is 6.61 Å². The summed E-state index contributed by atoms with van der Waals surface area (Å²) in [6.45, 7) is 1.67. The molecule has 0 saturated carbocycles. The summed E-state index contributed by atoms with van der Waals surface area (Å²) >= 11 is 0. The van der Waals surface area contributed by atoms with Crippen molar-refractivity contribution in [1.29, 1.82) is 0 Å². The van der Waals surface area contributed by atoms with Gasteiger partial charge in [0.25, 0.3) is 5.56 Å². The maximum atomic E-state index is 13.8. The molecule has 200 valence electrons. The highest BCUT2D eigenvalue weighted by molar-refractivity contribution is 6.00. The monoisotopic (exact) mass is 532 g/mol. The SMILES string of the molecule is CCOC(=O)c1c(OCc2ccccc2)c2ncc(Cc3ccc(F)cc3)c3c2n(c1=O)CC[C@@H](C(=O)O)O3. The number of esters is 1. The molecule has 3 heterocycles. The van der Waals surface area contributed by atoms with Crippen LogP contribution in [0.1, 0.15) is 40.4 Å². The van der Waals surface area contributed by atoms with Gasteiger partial charge in [-0.25, -0.2) is 14.0 Å². The van der Waals surface area contributed by atoms with E-state index in [9.17, 15) is 23.9 Å². The van der Waals surface area contributed by atoms with Gasteiger partial charge in [0.05, 0.1) is 6.61 Å². The van der Waals surface area contributed by atoms with Gasteiger partial charge in [0.15, 0.2) is 23.2 Å². The molecule has 10 heteroatoms. The average Bonchev–Trinajstić information content (AvgIpc) is 3.14. The highest BCUT2D eigenvalue weighted by Crippen LogP contribution is 2.38. The first kappa shape index (κ1) is 25.9. The molecule has 39 heavy (non-hydrogen) atoms. The van der Waals surface area contributed by atoms with Crippen molar-refractivity contribution >= 4 is 23.0 Å². The third kappa shape index (κ3) is 5.18. The zero-order valence-electron chi connectivity index (χ0n) is 21.1. The molecule has 0 fully saturated rings. The number of carbonyl (C=O) groups excluding carboxylic acids is 1. The molecule has 1 N–H and O–H groups in total. The van der Waals surface area contributed by atoms with Crippen LogP contribution < -0.4 is 15.0 Å². The minimum absolute atomic E-state index is 0.0263. The van der Waals surface area contributed by atoms with Gasteiger partial charge in [-0.05, 0) is 30.2 Å². The first-order valence-corrected chi connectivity index (χ1v) is 12.4. The quantitative estimate of drug-likeness (QED) is 0.337. The van der Waals surface area contributed by atoms with E-state index in [1.54, 1.807) is 19.1 Å². The minimum atomic E-state index is -1.25. The summed E-state index contributed by atoms with van der Waals surface area (Å²) in [6, 6.07) is 15.0. The van der Waals surface area contributed by atoms with Crippen LogP contribution in [0.2, 0.25) is 0 Å². The lowest BCUT2D eigenvalue weighted by atomic mass is 10.0. The Morgan fingerprint density at radius 2 is 1.87 bits per heavy atom. The molecule has 0 radical (unpaired) electrons. The number of aliphatic carboxylic acids is 1. The summed E-state index contributed by atoms with van der Waals surface area (Å²) in [5, 5.41) is 9.79. The van der Waals surface area contributed by atoms with E-state index in [0.29, 0.717) is 5.56 Å². The smallest absolute Gasteiger partial charge is 0.347 e. The number of halogens is 1. The van der Waals surface area contributed by atoms with E-state index in [1.807, 2.05) is 30.3 Å². The lowest BCUT2D eigenvalue weighted by molar-refractivity contribution is -0.145. The normalized spacial score (nSPS) is 14.4. The Morgan fingerprint density at radius 3 is 2.56 bits per heavy atom. The zero-order valence-corrected chi connectivity index (χ0v) is 21.1. The van der Waals surface area contributed by atoms with E-state index in [1.165, 1.54) is 22.9 Å². The third-order valence-electron chi connectivity index (χ3n) is 6.42. The van der Waals surface area contributed by atoms with Crippen LogP contribution in [0.3, 0.4) is 0 Å². The van der Waals surface area contributed by atoms with Crippen LogP contribution in [-0.2, 0) is 29.1 Å². The van der Waals surface area contributed by atoms with Crippen molar-refractivity contribution in [3.63, 3.8) is 0 Å². The number of aromatic nitrogens is 2. The number of rotatable bonds is 8. The Morgan fingerprint density at radius 1 is 1.13 bits per heavy atom. The molecule has 0 bridgehead atoms. The summed E-state index contributed by atoms with van der Waals surface area (Å²) in [6.07, 6.45) is 0.451.